The largest absolute Gasteiger partial charge is 0.493 e. The lowest BCUT2D eigenvalue weighted by molar-refractivity contribution is 0.313. The van der Waals surface area contributed by atoms with Gasteiger partial charge in [-0.25, -0.2) is 5.43 Å². The van der Waals surface area contributed by atoms with E-state index >= 15 is 0 Å². The first-order valence-corrected chi connectivity index (χ1v) is 7.12. The second kappa shape index (κ2) is 7.78. The monoisotopic (exact) mass is 290 g/mol. The second-order valence-electron chi connectivity index (χ2n) is 4.45. The lowest BCUT2D eigenvalue weighted by Crippen LogP contribution is -2.21. The minimum absolute atomic E-state index is 0.633. The third-order valence-corrected chi connectivity index (χ3v) is 3.00. The highest BCUT2D eigenvalue weighted by atomic mass is 35.5. The molecular weight excluding hydrogens is 272 g/mol. The van der Waals surface area contributed by atoms with Crippen molar-refractivity contribution in [2.45, 2.75) is 19.9 Å². The molecule has 106 valence electrons. The van der Waals surface area contributed by atoms with E-state index in [0.29, 0.717) is 18.2 Å². The molecule has 2 N–H and O–H groups in total. The Labute approximate surface area is 124 Å². The fourth-order valence-electron chi connectivity index (χ4n) is 1.80. The maximum atomic E-state index is 6.04. The standard InChI is InChI=1S/C16H19ClN2O/c1-2-10-20-16-9-8-14(17)11-13(16)12-18-19-15-6-4-3-5-7-15/h3-9,11,18-19H,2,10,12H2,1H3. The van der Waals surface area contributed by atoms with Crippen molar-refractivity contribution in [2.75, 3.05) is 12.0 Å². The van der Waals surface area contributed by atoms with Crippen molar-refractivity contribution >= 4 is 17.3 Å². The predicted octanol–water partition coefficient (Wildman–Crippen LogP) is 4.25. The fourth-order valence-corrected chi connectivity index (χ4v) is 2.00. The summed E-state index contributed by atoms with van der Waals surface area (Å²) in [6.07, 6.45) is 0.984. The van der Waals surface area contributed by atoms with E-state index in [4.69, 9.17) is 16.3 Å². The Morgan fingerprint density at radius 2 is 1.90 bits per heavy atom. The van der Waals surface area contributed by atoms with Gasteiger partial charge in [0.1, 0.15) is 5.75 Å². The van der Waals surface area contributed by atoms with Crippen molar-refractivity contribution in [3.63, 3.8) is 0 Å². The van der Waals surface area contributed by atoms with E-state index in [-0.39, 0.29) is 0 Å². The SMILES string of the molecule is CCCOc1ccc(Cl)cc1CNNc1ccccc1. The minimum Gasteiger partial charge on any atom is -0.493 e. The molecule has 3 nitrogen and oxygen atoms in total. The molecule has 2 rings (SSSR count). The van der Waals surface area contributed by atoms with Crippen LogP contribution in [-0.4, -0.2) is 6.61 Å². The van der Waals surface area contributed by atoms with Gasteiger partial charge in [-0.3, -0.25) is 0 Å². The number of halogens is 1. The molecular formula is C16H19ClN2O. The maximum Gasteiger partial charge on any atom is 0.123 e. The van der Waals surface area contributed by atoms with Gasteiger partial charge >= 0.3 is 0 Å². The van der Waals surface area contributed by atoms with Gasteiger partial charge in [0, 0.05) is 22.8 Å². The van der Waals surface area contributed by atoms with E-state index in [1.165, 1.54) is 0 Å². The summed E-state index contributed by atoms with van der Waals surface area (Å²) in [5, 5.41) is 0.713. The zero-order chi connectivity index (χ0) is 14.2. The smallest absolute Gasteiger partial charge is 0.123 e. The number of hydrogen-bond acceptors (Lipinski definition) is 3. The van der Waals surface area contributed by atoms with E-state index in [1.54, 1.807) is 0 Å². The van der Waals surface area contributed by atoms with Gasteiger partial charge in [0.15, 0.2) is 0 Å². The van der Waals surface area contributed by atoms with E-state index in [9.17, 15) is 0 Å². The number of ether oxygens (including phenoxy) is 1. The zero-order valence-corrected chi connectivity index (χ0v) is 12.3. The zero-order valence-electron chi connectivity index (χ0n) is 11.5. The van der Waals surface area contributed by atoms with E-state index in [0.717, 1.165) is 23.4 Å². The average molecular weight is 291 g/mol. The van der Waals surface area contributed by atoms with Gasteiger partial charge in [0.25, 0.3) is 0 Å². The normalized spacial score (nSPS) is 10.3. The van der Waals surface area contributed by atoms with Crippen molar-refractivity contribution in [1.29, 1.82) is 0 Å². The summed E-state index contributed by atoms with van der Waals surface area (Å²) in [4.78, 5) is 0. The molecule has 0 amide bonds. The van der Waals surface area contributed by atoms with E-state index in [2.05, 4.69) is 17.8 Å². The molecule has 20 heavy (non-hydrogen) atoms. The molecule has 0 spiro atoms. The molecule has 0 aliphatic heterocycles. The molecule has 0 aliphatic carbocycles. The van der Waals surface area contributed by atoms with E-state index in [1.807, 2.05) is 48.5 Å². The summed E-state index contributed by atoms with van der Waals surface area (Å²) in [5.41, 5.74) is 8.38. The van der Waals surface area contributed by atoms with Crippen molar-refractivity contribution < 1.29 is 4.74 Å². The summed E-state index contributed by atoms with van der Waals surface area (Å²) in [7, 11) is 0. The van der Waals surface area contributed by atoms with Crippen LogP contribution in [0.15, 0.2) is 48.5 Å². The van der Waals surface area contributed by atoms with Crippen molar-refractivity contribution in [2.24, 2.45) is 0 Å². The van der Waals surface area contributed by atoms with E-state index < -0.39 is 0 Å². The Hall–Kier alpha value is -1.71. The first-order chi connectivity index (χ1) is 9.79. The van der Waals surface area contributed by atoms with Crippen molar-refractivity contribution in [1.82, 2.24) is 5.43 Å². The lowest BCUT2D eigenvalue weighted by atomic mass is 10.2. The van der Waals surface area contributed by atoms with Crippen LogP contribution in [0.2, 0.25) is 5.02 Å². The highest BCUT2D eigenvalue weighted by Crippen LogP contribution is 2.23. The van der Waals surface area contributed by atoms with Crippen LogP contribution in [0, 0.1) is 0 Å². The molecule has 2 aromatic rings. The van der Waals surface area contributed by atoms with Gasteiger partial charge in [0.05, 0.1) is 6.61 Å². The Balaban J connectivity index is 1.95. The molecule has 4 heteroatoms. The number of anilines is 1. The van der Waals surface area contributed by atoms with Crippen LogP contribution >= 0.6 is 11.6 Å². The van der Waals surface area contributed by atoms with Crippen LogP contribution in [0.25, 0.3) is 0 Å². The van der Waals surface area contributed by atoms with Gasteiger partial charge in [-0.2, -0.15) is 0 Å². The number of hydrazine groups is 1. The molecule has 0 heterocycles. The summed E-state index contributed by atoms with van der Waals surface area (Å²) in [6, 6.07) is 15.6. The molecule has 0 radical (unpaired) electrons. The van der Waals surface area contributed by atoms with Crippen molar-refractivity contribution in [3.05, 3.63) is 59.1 Å². The summed E-state index contributed by atoms with van der Waals surface area (Å²) in [6.45, 7) is 3.43. The highest BCUT2D eigenvalue weighted by Gasteiger charge is 2.04. The molecule has 0 saturated carbocycles. The van der Waals surface area contributed by atoms with Crippen LogP contribution in [0.3, 0.4) is 0 Å². The van der Waals surface area contributed by atoms with Crippen LogP contribution in [0.4, 0.5) is 5.69 Å². The molecule has 0 saturated heterocycles. The van der Waals surface area contributed by atoms with Crippen LogP contribution < -0.4 is 15.6 Å². The average Bonchev–Trinajstić information content (AvgIpc) is 2.47. The second-order valence-corrected chi connectivity index (χ2v) is 4.88. The first kappa shape index (κ1) is 14.7. The Morgan fingerprint density at radius 3 is 2.65 bits per heavy atom. The maximum absolute atomic E-state index is 6.04. The van der Waals surface area contributed by atoms with Crippen molar-refractivity contribution in [3.8, 4) is 5.75 Å². The highest BCUT2D eigenvalue weighted by molar-refractivity contribution is 6.30. The van der Waals surface area contributed by atoms with Crippen LogP contribution in [-0.2, 0) is 6.54 Å². The summed E-state index contributed by atoms with van der Waals surface area (Å²) >= 11 is 6.04. The molecule has 0 fully saturated rings. The minimum atomic E-state index is 0.633. The predicted molar refractivity (Wildman–Crippen MR) is 84.1 cm³/mol. The molecule has 0 aromatic heterocycles. The Kier molecular flexibility index (Phi) is 5.71. The van der Waals surface area contributed by atoms with Gasteiger partial charge < -0.3 is 10.2 Å². The molecule has 2 aromatic carbocycles. The molecule has 0 unspecified atom stereocenters. The number of rotatable bonds is 7. The third kappa shape index (κ3) is 4.44. The van der Waals surface area contributed by atoms with Gasteiger partial charge in [0.2, 0.25) is 0 Å². The summed E-state index contributed by atoms with van der Waals surface area (Å²) in [5.74, 6) is 0.874. The Morgan fingerprint density at radius 1 is 1.10 bits per heavy atom. The number of benzene rings is 2. The van der Waals surface area contributed by atoms with Gasteiger partial charge in [-0.05, 0) is 36.8 Å². The molecule has 0 bridgehead atoms. The number of hydrogen-bond donors (Lipinski definition) is 2. The quantitative estimate of drug-likeness (QED) is 0.748. The lowest BCUT2D eigenvalue weighted by Gasteiger charge is -2.13. The molecule has 0 atom stereocenters. The van der Waals surface area contributed by atoms with Gasteiger partial charge in [-0.1, -0.05) is 36.7 Å². The van der Waals surface area contributed by atoms with Gasteiger partial charge in [-0.15, -0.1) is 0 Å². The van der Waals surface area contributed by atoms with Crippen LogP contribution in [0.1, 0.15) is 18.9 Å². The molecule has 0 aliphatic rings. The third-order valence-electron chi connectivity index (χ3n) is 2.77. The fraction of sp³-hybridized carbons (Fsp3) is 0.250. The van der Waals surface area contributed by atoms with Crippen LogP contribution in [0.5, 0.6) is 5.75 Å². The number of nitrogens with one attached hydrogen (secondary N) is 2. The topological polar surface area (TPSA) is 33.3 Å². The Bertz CT molecular complexity index is 531. The first-order valence-electron chi connectivity index (χ1n) is 6.74. The summed E-state index contributed by atoms with van der Waals surface area (Å²) < 4.78 is 5.72. The number of para-hydroxylation sites is 1.